The molecule has 3 rings (SSSR count). The van der Waals surface area contributed by atoms with Crippen LogP contribution in [-0.2, 0) is 11.3 Å². The Hall–Kier alpha value is -1.01. The number of likely N-dealkylation sites (N-methyl/N-ethyl adjacent to an activating group) is 1. The second-order valence-electron chi connectivity index (χ2n) is 6.31. The maximum absolute atomic E-state index is 6.46. The Bertz CT molecular complexity index is 526. The summed E-state index contributed by atoms with van der Waals surface area (Å²) in [6, 6.07) is 4.08. The molecule has 2 N–H and O–H groups in total. The van der Waals surface area contributed by atoms with Gasteiger partial charge in [0.05, 0.1) is 24.6 Å². The van der Waals surface area contributed by atoms with Crippen LogP contribution in [0.5, 0.6) is 0 Å². The summed E-state index contributed by atoms with van der Waals surface area (Å²) in [6.45, 7) is 12.0. The van der Waals surface area contributed by atoms with Crippen molar-refractivity contribution in [2.24, 2.45) is 0 Å². The third-order valence-corrected chi connectivity index (χ3v) is 5.21. The Morgan fingerprint density at radius 2 is 1.70 bits per heavy atom. The summed E-state index contributed by atoms with van der Waals surface area (Å²) in [4.78, 5) is 7.26. The molecule has 2 aliphatic heterocycles. The molecule has 0 aromatic heterocycles. The van der Waals surface area contributed by atoms with Crippen molar-refractivity contribution in [3.63, 3.8) is 0 Å². The summed E-state index contributed by atoms with van der Waals surface area (Å²) in [5, 5.41) is 0.775. The fourth-order valence-corrected chi connectivity index (χ4v) is 3.56. The lowest BCUT2D eigenvalue weighted by atomic mass is 10.1. The highest BCUT2D eigenvalue weighted by atomic mass is 35.5. The zero-order chi connectivity index (χ0) is 16.2. The van der Waals surface area contributed by atoms with Crippen LogP contribution in [0.25, 0.3) is 0 Å². The van der Waals surface area contributed by atoms with Gasteiger partial charge in [-0.15, -0.1) is 0 Å². The highest BCUT2D eigenvalue weighted by Gasteiger charge is 2.19. The number of nitrogens with two attached hydrogens (primary N) is 1. The molecule has 2 fully saturated rings. The molecule has 1 aromatic carbocycles. The molecule has 0 aliphatic carbocycles. The van der Waals surface area contributed by atoms with Crippen LogP contribution in [0.2, 0.25) is 5.02 Å². The smallest absolute Gasteiger partial charge is 0.0642 e. The van der Waals surface area contributed by atoms with Crippen molar-refractivity contribution < 1.29 is 4.74 Å². The molecular weight excluding hydrogens is 312 g/mol. The number of ether oxygens (including phenoxy) is 1. The van der Waals surface area contributed by atoms with E-state index in [0.29, 0.717) is 0 Å². The number of hydrogen-bond acceptors (Lipinski definition) is 5. The summed E-state index contributed by atoms with van der Waals surface area (Å²) >= 11 is 6.46. The fourth-order valence-electron chi connectivity index (χ4n) is 3.32. The maximum atomic E-state index is 6.46. The van der Waals surface area contributed by atoms with E-state index in [1.54, 1.807) is 0 Å². The highest BCUT2D eigenvalue weighted by molar-refractivity contribution is 6.31. The number of morpholine rings is 1. The van der Waals surface area contributed by atoms with Crippen LogP contribution in [0.15, 0.2) is 12.1 Å². The predicted octanol–water partition coefficient (Wildman–Crippen LogP) is 1.90. The summed E-state index contributed by atoms with van der Waals surface area (Å²) in [6.07, 6.45) is 0. The highest BCUT2D eigenvalue weighted by Crippen LogP contribution is 2.31. The minimum absolute atomic E-state index is 0.760. The third-order valence-electron chi connectivity index (χ3n) is 4.85. The van der Waals surface area contributed by atoms with Gasteiger partial charge in [0.1, 0.15) is 0 Å². The van der Waals surface area contributed by atoms with Gasteiger partial charge in [-0.05, 0) is 24.2 Å². The summed E-state index contributed by atoms with van der Waals surface area (Å²) in [7, 11) is 0. The molecule has 23 heavy (non-hydrogen) atoms. The summed E-state index contributed by atoms with van der Waals surface area (Å²) < 4.78 is 5.44. The van der Waals surface area contributed by atoms with Gasteiger partial charge < -0.3 is 20.3 Å². The third kappa shape index (κ3) is 4.10. The van der Waals surface area contributed by atoms with Crippen LogP contribution < -0.4 is 10.6 Å². The standard InChI is InChI=1S/C17H27ClN4O/c1-2-20-3-5-21(6-4-20)13-14-11-17(16(19)12-15(14)18)22-7-9-23-10-8-22/h11-12H,2-10,13,19H2,1H3. The molecule has 6 heteroatoms. The molecule has 128 valence electrons. The molecule has 0 amide bonds. The normalized spacial score (nSPS) is 20.9. The molecule has 0 spiro atoms. The van der Waals surface area contributed by atoms with Gasteiger partial charge in [-0.2, -0.15) is 0 Å². The quantitative estimate of drug-likeness (QED) is 0.849. The van der Waals surface area contributed by atoms with E-state index in [4.69, 9.17) is 22.1 Å². The monoisotopic (exact) mass is 338 g/mol. The zero-order valence-corrected chi connectivity index (χ0v) is 14.7. The van der Waals surface area contributed by atoms with E-state index in [-0.39, 0.29) is 0 Å². The summed E-state index contributed by atoms with van der Waals surface area (Å²) in [5.41, 5.74) is 9.23. The van der Waals surface area contributed by atoms with Gasteiger partial charge in [-0.25, -0.2) is 0 Å². The Morgan fingerprint density at radius 3 is 2.35 bits per heavy atom. The SMILES string of the molecule is CCN1CCN(Cc2cc(N3CCOCC3)c(N)cc2Cl)CC1. The van der Waals surface area contributed by atoms with E-state index in [1.807, 2.05) is 6.07 Å². The molecule has 0 radical (unpaired) electrons. The lowest BCUT2D eigenvalue weighted by molar-refractivity contribution is 0.122. The number of piperazine rings is 1. The van der Waals surface area contributed by atoms with Gasteiger partial charge in [0.2, 0.25) is 0 Å². The topological polar surface area (TPSA) is 45.0 Å². The number of nitrogens with zero attached hydrogens (tertiary/aromatic N) is 3. The Balaban J connectivity index is 1.71. The van der Waals surface area contributed by atoms with E-state index in [2.05, 4.69) is 27.7 Å². The van der Waals surface area contributed by atoms with Crippen molar-refractivity contribution in [3.8, 4) is 0 Å². The largest absolute Gasteiger partial charge is 0.397 e. The molecule has 0 atom stereocenters. The minimum atomic E-state index is 0.760. The molecule has 0 unspecified atom stereocenters. The molecule has 0 bridgehead atoms. The molecule has 2 heterocycles. The minimum Gasteiger partial charge on any atom is -0.397 e. The number of hydrogen-bond donors (Lipinski definition) is 1. The fraction of sp³-hybridized carbons (Fsp3) is 0.647. The van der Waals surface area contributed by atoms with E-state index < -0.39 is 0 Å². The number of rotatable bonds is 4. The molecular formula is C17H27ClN4O. The van der Waals surface area contributed by atoms with Crippen LogP contribution in [0, 0.1) is 0 Å². The first-order valence-electron chi connectivity index (χ1n) is 8.52. The van der Waals surface area contributed by atoms with E-state index in [0.717, 1.165) is 82.0 Å². The van der Waals surface area contributed by atoms with Crippen molar-refractivity contribution >= 4 is 23.0 Å². The Labute approximate surface area is 143 Å². The van der Waals surface area contributed by atoms with Crippen LogP contribution in [0.3, 0.4) is 0 Å². The van der Waals surface area contributed by atoms with Gasteiger partial charge in [0.15, 0.2) is 0 Å². The first kappa shape index (κ1) is 16.8. The number of benzene rings is 1. The summed E-state index contributed by atoms with van der Waals surface area (Å²) in [5.74, 6) is 0. The van der Waals surface area contributed by atoms with Crippen molar-refractivity contribution in [3.05, 3.63) is 22.7 Å². The molecule has 2 saturated heterocycles. The zero-order valence-electron chi connectivity index (χ0n) is 13.9. The van der Waals surface area contributed by atoms with Crippen LogP contribution in [0.4, 0.5) is 11.4 Å². The van der Waals surface area contributed by atoms with Gasteiger partial charge >= 0.3 is 0 Å². The number of halogens is 1. The first-order valence-corrected chi connectivity index (χ1v) is 8.90. The van der Waals surface area contributed by atoms with Crippen molar-refractivity contribution in [1.82, 2.24) is 9.80 Å². The Morgan fingerprint density at radius 1 is 1.04 bits per heavy atom. The van der Waals surface area contributed by atoms with Crippen LogP contribution in [0.1, 0.15) is 12.5 Å². The van der Waals surface area contributed by atoms with Crippen molar-refractivity contribution in [2.45, 2.75) is 13.5 Å². The lowest BCUT2D eigenvalue weighted by Crippen LogP contribution is -2.45. The van der Waals surface area contributed by atoms with Gasteiger partial charge in [0, 0.05) is 50.8 Å². The Kier molecular flexibility index (Phi) is 5.64. The first-order chi connectivity index (χ1) is 11.2. The molecule has 5 nitrogen and oxygen atoms in total. The van der Waals surface area contributed by atoms with Gasteiger partial charge in [-0.3, -0.25) is 4.90 Å². The van der Waals surface area contributed by atoms with E-state index >= 15 is 0 Å². The number of nitrogen functional groups attached to an aromatic ring is 1. The predicted molar refractivity (Wildman–Crippen MR) is 96.3 cm³/mol. The number of anilines is 2. The average Bonchev–Trinajstić information content (AvgIpc) is 2.59. The van der Waals surface area contributed by atoms with Crippen molar-refractivity contribution in [1.29, 1.82) is 0 Å². The van der Waals surface area contributed by atoms with E-state index in [9.17, 15) is 0 Å². The molecule has 0 saturated carbocycles. The van der Waals surface area contributed by atoms with Gasteiger partial charge in [0.25, 0.3) is 0 Å². The molecule has 1 aromatic rings. The second-order valence-corrected chi connectivity index (χ2v) is 6.72. The van der Waals surface area contributed by atoms with Crippen molar-refractivity contribution in [2.75, 3.05) is 69.7 Å². The van der Waals surface area contributed by atoms with Crippen LogP contribution >= 0.6 is 11.6 Å². The van der Waals surface area contributed by atoms with Crippen LogP contribution in [-0.4, -0.2) is 68.8 Å². The second kappa shape index (κ2) is 7.71. The lowest BCUT2D eigenvalue weighted by Gasteiger charge is -2.35. The van der Waals surface area contributed by atoms with E-state index in [1.165, 1.54) is 5.56 Å². The van der Waals surface area contributed by atoms with Gasteiger partial charge in [-0.1, -0.05) is 18.5 Å². The molecule has 2 aliphatic rings. The maximum Gasteiger partial charge on any atom is 0.0642 e. The average molecular weight is 339 g/mol.